The highest BCUT2D eigenvalue weighted by Gasteiger charge is 2.45. The summed E-state index contributed by atoms with van der Waals surface area (Å²) < 4.78 is 0. The van der Waals surface area contributed by atoms with E-state index in [0.717, 1.165) is 4.90 Å². The lowest BCUT2D eigenvalue weighted by Gasteiger charge is -2.40. The van der Waals surface area contributed by atoms with Gasteiger partial charge in [0.05, 0.1) is 13.1 Å². The van der Waals surface area contributed by atoms with Gasteiger partial charge in [0, 0.05) is 11.8 Å². The predicted octanol–water partition coefficient (Wildman–Crippen LogP) is 0.431. The van der Waals surface area contributed by atoms with Gasteiger partial charge in [0.25, 0.3) is 0 Å². The average molecular weight is 292 g/mol. The van der Waals surface area contributed by atoms with E-state index in [0.29, 0.717) is 5.69 Å². The Morgan fingerprint density at radius 1 is 1.19 bits per heavy atom. The van der Waals surface area contributed by atoms with Gasteiger partial charge in [-0.25, -0.2) is 4.79 Å². The second kappa shape index (κ2) is 5.08. The quantitative estimate of drug-likeness (QED) is 0.784. The Morgan fingerprint density at radius 3 is 2.24 bits per heavy atom. The van der Waals surface area contributed by atoms with Crippen LogP contribution in [-0.2, 0) is 14.4 Å². The Balaban J connectivity index is 2.26. The molecule has 7 nitrogen and oxygen atoms in total. The number of hydrogen-bond donors (Lipinski definition) is 2. The summed E-state index contributed by atoms with van der Waals surface area (Å²) in [5.74, 6) is -2.38. The summed E-state index contributed by atoms with van der Waals surface area (Å²) in [5.41, 5.74) is -1.05. The first kappa shape index (κ1) is 14.8. The molecule has 0 atom stereocenters. The summed E-state index contributed by atoms with van der Waals surface area (Å²) in [6.45, 7) is 2.39. The number of rotatable bonds is 3. The molecular formula is C14H16N2O5. The van der Waals surface area contributed by atoms with Crippen molar-refractivity contribution in [3.8, 4) is 5.75 Å². The topological polar surface area (TPSA) is 98.2 Å². The molecule has 1 saturated heterocycles. The van der Waals surface area contributed by atoms with E-state index in [1.807, 2.05) is 0 Å². The van der Waals surface area contributed by atoms with Crippen molar-refractivity contribution >= 4 is 23.5 Å². The number of anilines is 1. The van der Waals surface area contributed by atoms with Crippen molar-refractivity contribution in [2.75, 3.05) is 18.0 Å². The third-order valence-corrected chi connectivity index (χ3v) is 3.43. The van der Waals surface area contributed by atoms with Crippen LogP contribution in [0.25, 0.3) is 0 Å². The Bertz CT molecular complexity index is 593. The number of carboxylic acids is 1. The molecule has 21 heavy (non-hydrogen) atoms. The maximum absolute atomic E-state index is 12.2. The van der Waals surface area contributed by atoms with E-state index in [-0.39, 0.29) is 18.8 Å². The van der Waals surface area contributed by atoms with Gasteiger partial charge in [-0.1, -0.05) is 6.07 Å². The molecule has 0 aliphatic carbocycles. The van der Waals surface area contributed by atoms with Crippen molar-refractivity contribution in [1.82, 2.24) is 4.90 Å². The third kappa shape index (κ3) is 2.67. The maximum atomic E-state index is 12.2. The summed E-state index contributed by atoms with van der Waals surface area (Å²) in [5, 5.41) is 18.6. The van der Waals surface area contributed by atoms with Crippen LogP contribution in [0, 0.1) is 0 Å². The molecule has 2 N–H and O–H groups in total. The number of phenolic OH excluding ortho intramolecular Hbond substituents is 1. The molecule has 0 saturated carbocycles. The highest BCUT2D eigenvalue weighted by molar-refractivity contribution is 6.06. The van der Waals surface area contributed by atoms with Gasteiger partial charge in [-0.15, -0.1) is 0 Å². The minimum atomic E-state index is -1.58. The summed E-state index contributed by atoms with van der Waals surface area (Å²) in [7, 11) is 0. The van der Waals surface area contributed by atoms with Gasteiger partial charge in [0.2, 0.25) is 11.8 Å². The minimum absolute atomic E-state index is 0.0284. The molecule has 1 aliphatic heterocycles. The molecule has 0 aromatic heterocycles. The first-order valence-electron chi connectivity index (χ1n) is 6.36. The van der Waals surface area contributed by atoms with E-state index in [1.54, 1.807) is 12.1 Å². The first-order chi connectivity index (χ1) is 9.73. The normalized spacial score (nSPS) is 16.3. The zero-order chi connectivity index (χ0) is 15.8. The van der Waals surface area contributed by atoms with Gasteiger partial charge >= 0.3 is 5.97 Å². The van der Waals surface area contributed by atoms with E-state index in [1.165, 1.54) is 30.9 Å². The summed E-state index contributed by atoms with van der Waals surface area (Å²) >= 11 is 0. The number of amides is 2. The number of aromatic hydroxyl groups is 1. The molecular weight excluding hydrogens is 276 g/mol. The van der Waals surface area contributed by atoms with Gasteiger partial charge < -0.3 is 15.1 Å². The maximum Gasteiger partial charge on any atom is 0.329 e. The van der Waals surface area contributed by atoms with E-state index in [4.69, 9.17) is 5.11 Å². The second-order valence-electron chi connectivity index (χ2n) is 5.36. The number of piperazine rings is 1. The van der Waals surface area contributed by atoms with Crippen LogP contribution >= 0.6 is 0 Å². The smallest absolute Gasteiger partial charge is 0.329 e. The molecule has 0 bridgehead atoms. The molecule has 2 amide bonds. The molecule has 1 aliphatic rings. The van der Waals surface area contributed by atoms with Crippen molar-refractivity contribution < 1.29 is 24.6 Å². The largest absolute Gasteiger partial charge is 0.508 e. The van der Waals surface area contributed by atoms with E-state index < -0.39 is 23.3 Å². The van der Waals surface area contributed by atoms with Crippen molar-refractivity contribution in [2.24, 2.45) is 0 Å². The lowest BCUT2D eigenvalue weighted by Crippen LogP contribution is -2.63. The molecule has 7 heteroatoms. The Labute approximate surface area is 121 Å². The third-order valence-electron chi connectivity index (χ3n) is 3.43. The number of imide groups is 1. The van der Waals surface area contributed by atoms with Crippen molar-refractivity contribution in [2.45, 2.75) is 19.4 Å². The molecule has 1 fully saturated rings. The fourth-order valence-electron chi connectivity index (χ4n) is 2.25. The molecule has 2 rings (SSSR count). The fourth-order valence-corrected chi connectivity index (χ4v) is 2.25. The molecule has 1 heterocycles. The number of phenols is 1. The summed E-state index contributed by atoms with van der Waals surface area (Å²) in [4.78, 5) is 37.8. The summed E-state index contributed by atoms with van der Waals surface area (Å²) in [6.07, 6.45) is 0. The van der Waals surface area contributed by atoms with Crippen LogP contribution in [-0.4, -0.2) is 51.5 Å². The second-order valence-corrected chi connectivity index (χ2v) is 5.36. The van der Waals surface area contributed by atoms with Gasteiger partial charge in [0.1, 0.15) is 11.3 Å². The number of carboxylic acid groups (broad SMARTS) is 1. The van der Waals surface area contributed by atoms with Crippen LogP contribution in [0.5, 0.6) is 5.75 Å². The number of hydrogen-bond acceptors (Lipinski definition) is 5. The number of nitrogens with zero attached hydrogens (tertiary/aromatic N) is 2. The standard InChI is InChI=1S/C14H16N2O5/c1-14(2,13(20)21)16-11(18)7-15(8-12(16)19)9-4-3-5-10(17)6-9/h3-6,17H,7-8H2,1-2H3,(H,20,21). The average Bonchev–Trinajstić information content (AvgIpc) is 2.37. The van der Waals surface area contributed by atoms with Crippen molar-refractivity contribution in [3.05, 3.63) is 24.3 Å². The first-order valence-corrected chi connectivity index (χ1v) is 6.36. The predicted molar refractivity (Wildman–Crippen MR) is 73.9 cm³/mol. The zero-order valence-corrected chi connectivity index (χ0v) is 11.7. The molecule has 0 unspecified atom stereocenters. The van der Waals surface area contributed by atoms with E-state index in [2.05, 4.69) is 0 Å². The van der Waals surface area contributed by atoms with Crippen LogP contribution < -0.4 is 4.90 Å². The highest BCUT2D eigenvalue weighted by Crippen LogP contribution is 2.25. The van der Waals surface area contributed by atoms with Gasteiger partial charge in [0.15, 0.2) is 0 Å². The molecule has 1 aromatic rings. The Hall–Kier alpha value is -2.57. The minimum Gasteiger partial charge on any atom is -0.508 e. The van der Waals surface area contributed by atoms with Crippen molar-refractivity contribution in [3.63, 3.8) is 0 Å². The molecule has 1 aromatic carbocycles. The molecule has 112 valence electrons. The monoisotopic (exact) mass is 292 g/mol. The molecule has 0 radical (unpaired) electrons. The van der Waals surface area contributed by atoms with Crippen LogP contribution in [0.4, 0.5) is 5.69 Å². The van der Waals surface area contributed by atoms with Gasteiger partial charge in [-0.2, -0.15) is 0 Å². The highest BCUT2D eigenvalue weighted by atomic mass is 16.4. The summed E-state index contributed by atoms with van der Waals surface area (Å²) in [6, 6.07) is 6.20. The number of carbonyl (C=O) groups excluding carboxylic acids is 2. The molecule has 0 spiro atoms. The van der Waals surface area contributed by atoms with Gasteiger partial charge in [-0.05, 0) is 26.0 Å². The Kier molecular flexibility index (Phi) is 3.59. The Morgan fingerprint density at radius 2 is 1.76 bits per heavy atom. The van der Waals surface area contributed by atoms with E-state index in [9.17, 15) is 19.5 Å². The number of benzene rings is 1. The zero-order valence-electron chi connectivity index (χ0n) is 11.7. The lowest BCUT2D eigenvalue weighted by molar-refractivity contribution is -0.164. The number of aliphatic carboxylic acids is 1. The van der Waals surface area contributed by atoms with Crippen LogP contribution in [0.2, 0.25) is 0 Å². The van der Waals surface area contributed by atoms with Crippen molar-refractivity contribution in [1.29, 1.82) is 0 Å². The van der Waals surface area contributed by atoms with Crippen LogP contribution in [0.3, 0.4) is 0 Å². The fraction of sp³-hybridized carbons (Fsp3) is 0.357. The lowest BCUT2D eigenvalue weighted by atomic mass is 10.0. The van der Waals surface area contributed by atoms with Crippen LogP contribution in [0.15, 0.2) is 24.3 Å². The van der Waals surface area contributed by atoms with Crippen LogP contribution in [0.1, 0.15) is 13.8 Å². The van der Waals surface area contributed by atoms with E-state index >= 15 is 0 Å². The SMILES string of the molecule is CC(C)(C(=O)O)N1C(=O)CN(c2cccc(O)c2)CC1=O. The number of carbonyl (C=O) groups is 3. The van der Waals surface area contributed by atoms with Gasteiger partial charge in [-0.3, -0.25) is 14.5 Å².